The van der Waals surface area contributed by atoms with Crippen LogP contribution in [-0.4, -0.2) is 91.0 Å². The Morgan fingerprint density at radius 1 is 1.18 bits per heavy atom. The Morgan fingerprint density at radius 3 is 2.45 bits per heavy atom. The number of nitrogens with two attached hydrogens (primary N) is 1. The first kappa shape index (κ1) is 14.5. The lowest BCUT2D eigenvalue weighted by Gasteiger charge is -2.71. The van der Waals surface area contributed by atoms with Gasteiger partial charge < -0.3 is 51.2 Å². The van der Waals surface area contributed by atoms with Gasteiger partial charge in [-0.25, -0.2) is 4.99 Å². The Balaban J connectivity index is 1.95. The van der Waals surface area contributed by atoms with E-state index < -0.39 is 60.3 Å². The maximum atomic E-state index is 10.6. The molecule has 9 N–H and O–H groups in total. The van der Waals surface area contributed by atoms with Crippen LogP contribution in [0.4, 0.5) is 0 Å². The zero-order valence-electron chi connectivity index (χ0n) is 11.2. The number of nitrogens with one attached hydrogen (secondary N) is 1. The fourth-order valence-electron chi connectivity index (χ4n) is 4.24. The van der Waals surface area contributed by atoms with Crippen LogP contribution in [0.1, 0.15) is 0 Å². The van der Waals surface area contributed by atoms with Crippen LogP contribution in [0, 0.1) is 5.92 Å². The van der Waals surface area contributed by atoms with Crippen LogP contribution in [-0.2, 0) is 9.47 Å². The van der Waals surface area contributed by atoms with E-state index in [1.54, 1.807) is 0 Å². The molecule has 0 aromatic rings. The van der Waals surface area contributed by atoms with Crippen LogP contribution < -0.4 is 11.1 Å². The van der Waals surface area contributed by atoms with Gasteiger partial charge in [0, 0.05) is 0 Å². The van der Waals surface area contributed by atoms with E-state index in [-0.39, 0.29) is 5.96 Å². The van der Waals surface area contributed by atoms with Gasteiger partial charge in [-0.15, -0.1) is 0 Å². The van der Waals surface area contributed by atoms with Crippen molar-refractivity contribution < 1.29 is 40.1 Å². The molecule has 3 saturated heterocycles. The lowest BCUT2D eigenvalue weighted by atomic mass is 9.55. The first-order chi connectivity index (χ1) is 10.2. The summed E-state index contributed by atoms with van der Waals surface area (Å²) in [4.78, 5) is 3.70. The maximum absolute atomic E-state index is 10.6. The van der Waals surface area contributed by atoms with Crippen molar-refractivity contribution in [1.82, 2.24) is 5.32 Å². The number of hydrogen-bond donors (Lipinski definition) is 8. The minimum absolute atomic E-state index is 0.250. The number of hydrogen-bond acceptors (Lipinski definition) is 11. The lowest BCUT2D eigenvalue weighted by Crippen LogP contribution is -2.95. The lowest BCUT2D eigenvalue weighted by molar-refractivity contribution is -0.548. The third kappa shape index (κ3) is 1.28. The monoisotopic (exact) mass is 319 g/mol. The Morgan fingerprint density at radius 2 is 1.82 bits per heavy atom. The Labute approximate surface area is 123 Å². The van der Waals surface area contributed by atoms with Crippen LogP contribution >= 0.6 is 0 Å². The van der Waals surface area contributed by atoms with Gasteiger partial charge in [-0.2, -0.15) is 0 Å². The summed E-state index contributed by atoms with van der Waals surface area (Å²) < 4.78 is 10.3. The highest BCUT2D eigenvalue weighted by Crippen LogP contribution is 2.58. The highest BCUT2D eigenvalue weighted by atomic mass is 16.9. The SMILES string of the molecule is NC1=N[C@H](O)[C@H]2[C@H]3OC4(O)O[C@@H]([C@@H](O)[C@@]2(N1)[C@@H]4O)[C@]3(O)CO. The van der Waals surface area contributed by atoms with Gasteiger partial charge in [-0.1, -0.05) is 0 Å². The summed E-state index contributed by atoms with van der Waals surface area (Å²) in [5.41, 5.74) is 1.74. The van der Waals surface area contributed by atoms with E-state index in [0.29, 0.717) is 0 Å². The molecule has 4 heterocycles. The highest BCUT2D eigenvalue weighted by Gasteiger charge is 2.82. The average Bonchev–Trinajstić information content (AvgIpc) is 2.45. The summed E-state index contributed by atoms with van der Waals surface area (Å²) in [5.74, 6) is -3.95. The number of rotatable bonds is 1. The van der Waals surface area contributed by atoms with Gasteiger partial charge in [0.1, 0.15) is 29.5 Å². The van der Waals surface area contributed by atoms with Crippen molar-refractivity contribution in [3.05, 3.63) is 0 Å². The van der Waals surface area contributed by atoms with Crippen molar-refractivity contribution in [3.63, 3.8) is 0 Å². The molecule has 1 aliphatic carbocycles. The third-order valence-corrected chi connectivity index (χ3v) is 5.22. The van der Waals surface area contributed by atoms with Crippen molar-refractivity contribution in [2.75, 3.05) is 6.61 Å². The predicted octanol–water partition coefficient (Wildman–Crippen LogP) is -5.52. The van der Waals surface area contributed by atoms with E-state index in [0.717, 1.165) is 0 Å². The zero-order chi connectivity index (χ0) is 16.1. The molecule has 4 aliphatic heterocycles. The molecule has 0 aromatic carbocycles. The van der Waals surface area contributed by atoms with Gasteiger partial charge in [-0.05, 0) is 0 Å². The summed E-state index contributed by atoms with van der Waals surface area (Å²) >= 11 is 0. The Bertz CT molecular complexity index is 561. The molecule has 124 valence electrons. The van der Waals surface area contributed by atoms with Gasteiger partial charge >= 0.3 is 5.97 Å². The van der Waals surface area contributed by atoms with E-state index in [2.05, 4.69) is 10.3 Å². The maximum Gasteiger partial charge on any atom is 0.311 e. The third-order valence-electron chi connectivity index (χ3n) is 5.22. The average molecular weight is 319 g/mol. The number of guanidine groups is 1. The minimum atomic E-state index is -2.52. The van der Waals surface area contributed by atoms with E-state index in [9.17, 15) is 30.6 Å². The van der Waals surface area contributed by atoms with Crippen molar-refractivity contribution in [2.45, 2.75) is 47.8 Å². The Kier molecular flexibility index (Phi) is 2.57. The van der Waals surface area contributed by atoms with Crippen molar-refractivity contribution in [3.8, 4) is 0 Å². The number of aliphatic hydroxyl groups is 6. The molecule has 9 atom stereocenters. The molecule has 5 aliphatic rings. The molecular formula is C11H17N3O8. The Hall–Kier alpha value is -1.05. The second kappa shape index (κ2) is 3.88. The summed E-state index contributed by atoms with van der Waals surface area (Å²) in [6, 6.07) is 0. The smallest absolute Gasteiger partial charge is 0.311 e. The van der Waals surface area contributed by atoms with Gasteiger partial charge in [0.25, 0.3) is 0 Å². The van der Waals surface area contributed by atoms with E-state index in [1.807, 2.05) is 0 Å². The second-order valence-electron chi connectivity index (χ2n) is 6.22. The molecule has 5 rings (SSSR count). The molecule has 22 heavy (non-hydrogen) atoms. The first-order valence-electron chi connectivity index (χ1n) is 6.77. The summed E-state index contributed by atoms with van der Waals surface area (Å²) in [6.45, 7) is -0.857. The number of ether oxygens (including phenoxy) is 2. The van der Waals surface area contributed by atoms with Crippen LogP contribution in [0.5, 0.6) is 0 Å². The van der Waals surface area contributed by atoms with Crippen molar-refractivity contribution in [1.29, 1.82) is 0 Å². The summed E-state index contributed by atoms with van der Waals surface area (Å²) in [6.07, 6.45) is -7.77. The molecule has 11 heteroatoms. The van der Waals surface area contributed by atoms with Gasteiger partial charge in [0.05, 0.1) is 12.5 Å². The molecule has 0 amide bonds. The van der Waals surface area contributed by atoms with Gasteiger partial charge in [-0.3, -0.25) is 0 Å². The highest BCUT2D eigenvalue weighted by molar-refractivity contribution is 5.80. The first-order valence-corrected chi connectivity index (χ1v) is 6.77. The van der Waals surface area contributed by atoms with E-state index in [1.165, 1.54) is 0 Å². The molecule has 1 saturated carbocycles. The topological polar surface area (TPSA) is 190 Å². The fraction of sp³-hybridized carbons (Fsp3) is 0.909. The van der Waals surface area contributed by atoms with Crippen molar-refractivity contribution >= 4 is 5.96 Å². The fourth-order valence-corrected chi connectivity index (χ4v) is 4.24. The molecule has 1 unspecified atom stereocenters. The van der Waals surface area contributed by atoms with Crippen LogP contribution in [0.3, 0.4) is 0 Å². The van der Waals surface area contributed by atoms with E-state index >= 15 is 0 Å². The van der Waals surface area contributed by atoms with Crippen LogP contribution in [0.25, 0.3) is 0 Å². The molecule has 1 spiro atoms. The standard InChI is InChI=1S/C11H17N3O8/c12-8-13-6(17)2-4-9(19,1-15)5-3(16)10(2,14-8)7(18)11(20,21-4)22-5/h2-7,15-20H,1H2,(H3,12,13,14)/t2-,3-,4-,5+,6-,7+,9+,10-,11?/m1/s1. The van der Waals surface area contributed by atoms with Crippen LogP contribution in [0.2, 0.25) is 0 Å². The predicted molar refractivity (Wildman–Crippen MR) is 65.7 cm³/mol. The minimum Gasteiger partial charge on any atom is -0.393 e. The van der Waals surface area contributed by atoms with Gasteiger partial charge in [0.15, 0.2) is 18.3 Å². The zero-order valence-corrected chi connectivity index (χ0v) is 11.2. The number of aliphatic imine (C=N–C) groups is 1. The molecule has 4 bridgehead atoms. The molecule has 0 aromatic heterocycles. The largest absolute Gasteiger partial charge is 0.393 e. The summed E-state index contributed by atoms with van der Waals surface area (Å²) in [7, 11) is 0. The molecule has 0 radical (unpaired) electrons. The molecule has 4 fully saturated rings. The molecule has 11 nitrogen and oxygen atoms in total. The molecular weight excluding hydrogens is 302 g/mol. The quantitative estimate of drug-likeness (QED) is 0.231. The van der Waals surface area contributed by atoms with Crippen LogP contribution in [0.15, 0.2) is 4.99 Å². The number of aliphatic hydroxyl groups excluding tert-OH is 4. The van der Waals surface area contributed by atoms with Gasteiger partial charge in [0.2, 0.25) is 0 Å². The summed E-state index contributed by atoms with van der Waals surface area (Å²) in [5, 5.41) is 64.3. The van der Waals surface area contributed by atoms with E-state index in [4.69, 9.17) is 15.2 Å². The van der Waals surface area contributed by atoms with Crippen molar-refractivity contribution in [2.24, 2.45) is 16.6 Å². The number of nitrogens with zero attached hydrogens (tertiary/aromatic N) is 1. The normalized spacial score (nSPS) is 62.4. The second-order valence-corrected chi connectivity index (χ2v) is 6.22.